The number of H-pyrrole nitrogens is 1. The van der Waals surface area contributed by atoms with Gasteiger partial charge in [0.1, 0.15) is 23.3 Å². The van der Waals surface area contributed by atoms with Gasteiger partial charge in [0.2, 0.25) is 0 Å². The summed E-state index contributed by atoms with van der Waals surface area (Å²) in [6.45, 7) is 0. The van der Waals surface area contributed by atoms with E-state index in [2.05, 4.69) is 25.3 Å². The molecule has 5 heterocycles. The molecule has 0 saturated heterocycles. The Kier molecular flexibility index (Phi) is 5.77. The molecule has 0 fully saturated rings. The van der Waals surface area contributed by atoms with Gasteiger partial charge >= 0.3 is 5.92 Å². The maximum Gasteiger partial charge on any atom is 0.305 e. The third-order valence-corrected chi connectivity index (χ3v) is 7.93. The number of aliphatic imine (C=N–C) groups is 5. The summed E-state index contributed by atoms with van der Waals surface area (Å²) in [5, 5.41) is 3.59. The molecule has 223 valence electrons. The SMILES string of the molecule is Fc1ccc2c(c1)C1=NC3(F)NC(=NC4=NC(=Nc5[nH]c(c6ccc(F)cc56)N(F)C2=N1)c1ccccc14)c1ccccc13.[Cu]. The second-order valence-electron chi connectivity index (χ2n) is 10.5. The number of anilines is 1. The van der Waals surface area contributed by atoms with Crippen LogP contribution in [0.3, 0.4) is 0 Å². The fourth-order valence-electron chi connectivity index (χ4n) is 5.94. The van der Waals surface area contributed by atoms with Gasteiger partial charge < -0.3 is 10.3 Å². The van der Waals surface area contributed by atoms with Crippen LogP contribution in [-0.4, -0.2) is 34.2 Å². The molecule has 0 aliphatic carbocycles. The van der Waals surface area contributed by atoms with Crippen LogP contribution in [0.15, 0.2) is 110 Å². The van der Waals surface area contributed by atoms with Crippen molar-refractivity contribution in [2.75, 3.05) is 5.12 Å². The number of hydrogen-bond donors (Lipinski definition) is 2. The number of amidine groups is 5. The Balaban J connectivity index is 0.00000300. The zero-order chi connectivity index (χ0) is 29.7. The summed E-state index contributed by atoms with van der Waals surface area (Å²) in [5.74, 6) is -3.59. The standard InChI is InChI=1S/C32H16F4N8.Cu/c33-15-9-11-19-22(13-15)27-38-25-17-5-1-2-6-18(17)26(37-25)39-28-21-7-3-4-8-24(21)32(35,42-28)43-29-23-14-16(34)10-12-20(23)31(41-29)44(36)30(19)40-27;/h1-14,40H,(H,37,38,39,42);. The molecule has 1 aromatic heterocycles. The minimum atomic E-state index is -2.58. The molecule has 8 bridgehead atoms. The van der Waals surface area contributed by atoms with Crippen molar-refractivity contribution >= 4 is 51.6 Å². The van der Waals surface area contributed by atoms with Gasteiger partial charge in [-0.25, -0.2) is 33.7 Å². The topological polar surface area (TPSA) is 92.9 Å². The van der Waals surface area contributed by atoms with Crippen molar-refractivity contribution in [2.45, 2.75) is 5.92 Å². The van der Waals surface area contributed by atoms with Crippen molar-refractivity contribution in [3.8, 4) is 0 Å². The van der Waals surface area contributed by atoms with Crippen molar-refractivity contribution in [1.82, 2.24) is 10.3 Å². The number of fused-ring (bicyclic) bond motifs is 18. The number of benzene rings is 4. The summed E-state index contributed by atoms with van der Waals surface area (Å²) in [6, 6.07) is 21.3. The van der Waals surface area contributed by atoms with E-state index in [0.717, 1.165) is 12.1 Å². The third-order valence-electron chi connectivity index (χ3n) is 7.93. The minimum Gasteiger partial charge on any atom is -0.323 e. The van der Waals surface area contributed by atoms with Gasteiger partial charge in [-0.05, 0) is 36.4 Å². The molecule has 13 heteroatoms. The third kappa shape index (κ3) is 3.94. The molecular weight excluding hydrogens is 636 g/mol. The number of hydrogen-bond acceptors (Lipinski definition) is 7. The number of aromatic nitrogens is 1. The van der Waals surface area contributed by atoms with Crippen molar-refractivity contribution in [3.63, 3.8) is 0 Å². The number of halogens is 4. The molecule has 4 aliphatic rings. The van der Waals surface area contributed by atoms with Gasteiger partial charge in [0, 0.05) is 61.2 Å². The summed E-state index contributed by atoms with van der Waals surface area (Å²) < 4.78 is 62.5. The van der Waals surface area contributed by atoms with Crippen LogP contribution in [0, 0.1) is 11.6 Å². The Morgan fingerprint density at radius 2 is 1.33 bits per heavy atom. The largest absolute Gasteiger partial charge is 0.323 e. The maximum atomic E-state index is 17.0. The fourth-order valence-corrected chi connectivity index (χ4v) is 5.94. The normalized spacial score (nSPS) is 18.9. The van der Waals surface area contributed by atoms with Crippen LogP contribution in [0.25, 0.3) is 10.8 Å². The molecule has 2 N–H and O–H groups in total. The Hall–Kier alpha value is -5.39. The van der Waals surface area contributed by atoms with E-state index < -0.39 is 17.6 Å². The molecule has 4 aliphatic heterocycles. The van der Waals surface area contributed by atoms with Gasteiger partial charge in [0.25, 0.3) is 0 Å². The van der Waals surface area contributed by atoms with Crippen LogP contribution in [-0.2, 0) is 23.0 Å². The molecule has 8 nitrogen and oxygen atoms in total. The second kappa shape index (κ2) is 9.55. The Bertz CT molecular complexity index is 2290. The van der Waals surface area contributed by atoms with E-state index in [1.807, 2.05) is 12.1 Å². The van der Waals surface area contributed by atoms with Crippen LogP contribution in [0.1, 0.15) is 33.4 Å². The zero-order valence-electron chi connectivity index (χ0n) is 22.6. The number of nitrogens with one attached hydrogen (secondary N) is 2. The number of rotatable bonds is 0. The van der Waals surface area contributed by atoms with Crippen LogP contribution < -0.4 is 10.4 Å². The quantitative estimate of drug-likeness (QED) is 0.0888. The molecule has 5 aromatic rings. The van der Waals surface area contributed by atoms with Gasteiger partial charge in [-0.3, -0.25) is 0 Å². The van der Waals surface area contributed by atoms with Crippen LogP contribution >= 0.6 is 0 Å². The predicted molar refractivity (Wildman–Crippen MR) is 159 cm³/mol. The van der Waals surface area contributed by atoms with E-state index in [9.17, 15) is 8.78 Å². The van der Waals surface area contributed by atoms with Crippen LogP contribution in [0.5, 0.6) is 0 Å². The molecular formula is C32H16CuF4N8. The van der Waals surface area contributed by atoms with Gasteiger partial charge in [-0.15, -0.1) is 5.12 Å². The Morgan fingerprint density at radius 3 is 2.13 bits per heavy atom. The summed E-state index contributed by atoms with van der Waals surface area (Å²) in [6.07, 6.45) is 0. The van der Waals surface area contributed by atoms with Gasteiger partial charge in [0.15, 0.2) is 29.2 Å². The van der Waals surface area contributed by atoms with Crippen molar-refractivity contribution in [3.05, 3.63) is 130 Å². The first-order chi connectivity index (χ1) is 21.4. The van der Waals surface area contributed by atoms with Gasteiger partial charge in [-0.1, -0.05) is 53.0 Å². The molecule has 4 aromatic carbocycles. The summed E-state index contributed by atoms with van der Waals surface area (Å²) >= 11 is 0. The monoisotopic (exact) mass is 651 g/mol. The predicted octanol–water partition coefficient (Wildman–Crippen LogP) is 6.32. The van der Waals surface area contributed by atoms with Gasteiger partial charge in [-0.2, -0.15) is 4.39 Å². The smallest absolute Gasteiger partial charge is 0.305 e. The summed E-state index contributed by atoms with van der Waals surface area (Å²) in [7, 11) is 0. The molecule has 1 unspecified atom stereocenters. The van der Waals surface area contributed by atoms with E-state index in [4.69, 9.17) is 9.98 Å². The van der Waals surface area contributed by atoms with E-state index in [1.54, 1.807) is 36.4 Å². The van der Waals surface area contributed by atoms with Gasteiger partial charge in [0.05, 0.1) is 0 Å². The van der Waals surface area contributed by atoms with Crippen LogP contribution in [0.4, 0.5) is 29.3 Å². The molecule has 1 atom stereocenters. The second-order valence-corrected chi connectivity index (χ2v) is 10.5. The molecule has 9 rings (SSSR count). The summed E-state index contributed by atoms with van der Waals surface area (Å²) in [5.41, 5.74) is 2.11. The first-order valence-electron chi connectivity index (χ1n) is 13.6. The molecule has 45 heavy (non-hydrogen) atoms. The van der Waals surface area contributed by atoms with E-state index in [-0.39, 0.29) is 85.1 Å². The summed E-state index contributed by atoms with van der Waals surface area (Å²) in [4.78, 5) is 25.7. The maximum absolute atomic E-state index is 17.0. The minimum absolute atomic E-state index is 0. The molecule has 1 radical (unpaired) electrons. The average Bonchev–Trinajstić information content (AvgIpc) is 3.74. The van der Waals surface area contributed by atoms with E-state index in [1.165, 1.54) is 24.3 Å². The van der Waals surface area contributed by atoms with E-state index in [0.29, 0.717) is 22.1 Å². The number of nitrogens with zero attached hydrogens (tertiary/aromatic N) is 6. The van der Waals surface area contributed by atoms with Crippen molar-refractivity contribution in [2.24, 2.45) is 25.0 Å². The molecule has 0 saturated carbocycles. The Morgan fingerprint density at radius 1 is 0.644 bits per heavy atom. The number of aromatic amines is 1. The molecule has 0 amide bonds. The van der Waals surface area contributed by atoms with E-state index >= 15 is 8.87 Å². The Labute approximate surface area is 262 Å². The number of alkyl halides is 1. The fraction of sp³-hybridized carbons (Fsp3) is 0.0312. The van der Waals surface area contributed by atoms with Crippen LogP contribution in [0.2, 0.25) is 0 Å². The zero-order valence-corrected chi connectivity index (χ0v) is 23.5. The van der Waals surface area contributed by atoms with Crippen molar-refractivity contribution < 1.29 is 34.7 Å². The first-order valence-corrected chi connectivity index (χ1v) is 13.6. The van der Waals surface area contributed by atoms with Crippen molar-refractivity contribution in [1.29, 1.82) is 0 Å². The average molecular weight is 652 g/mol. The molecule has 0 spiro atoms. The first kappa shape index (κ1) is 27.2.